The van der Waals surface area contributed by atoms with Gasteiger partial charge in [0.1, 0.15) is 0 Å². The molecule has 0 aromatic carbocycles. The van der Waals surface area contributed by atoms with Crippen molar-refractivity contribution in [3.05, 3.63) is 0 Å². The smallest absolute Gasteiger partial charge is 0.0784 e. The number of hydrogen-bond donors (Lipinski definition) is 2. The molecular formula is C13H23NO2S. The zero-order valence-electron chi connectivity index (χ0n) is 10.4. The van der Waals surface area contributed by atoms with Gasteiger partial charge < -0.3 is 15.6 Å². The van der Waals surface area contributed by atoms with Crippen LogP contribution in [-0.4, -0.2) is 40.5 Å². The van der Waals surface area contributed by atoms with Crippen LogP contribution < -0.4 is 5.73 Å². The standard InChI is InChI=1S/C13H23NO2S/c14-11-1-3-13(15,8-11)10-2-5-16-12(7-10)4-6-17-9-12/h10-11,15H,1-9,14H2. The first kappa shape index (κ1) is 12.3. The van der Waals surface area contributed by atoms with Crippen molar-refractivity contribution < 1.29 is 9.84 Å². The lowest BCUT2D eigenvalue weighted by Crippen LogP contribution is -2.48. The van der Waals surface area contributed by atoms with E-state index >= 15 is 0 Å². The second-order valence-electron chi connectivity index (χ2n) is 6.13. The van der Waals surface area contributed by atoms with Gasteiger partial charge in [0.15, 0.2) is 0 Å². The molecule has 3 N–H and O–H groups in total. The van der Waals surface area contributed by atoms with Crippen LogP contribution in [0.4, 0.5) is 0 Å². The number of rotatable bonds is 1. The molecular weight excluding hydrogens is 234 g/mol. The number of ether oxygens (including phenoxy) is 1. The second kappa shape index (κ2) is 4.41. The van der Waals surface area contributed by atoms with Crippen molar-refractivity contribution >= 4 is 11.8 Å². The largest absolute Gasteiger partial charge is 0.390 e. The van der Waals surface area contributed by atoms with E-state index in [0.717, 1.165) is 50.9 Å². The Labute approximate surface area is 107 Å². The Morgan fingerprint density at radius 3 is 2.76 bits per heavy atom. The minimum atomic E-state index is -0.497. The summed E-state index contributed by atoms with van der Waals surface area (Å²) in [7, 11) is 0. The highest BCUT2D eigenvalue weighted by atomic mass is 32.2. The first-order valence-corrected chi connectivity index (χ1v) is 7.97. The highest BCUT2D eigenvalue weighted by Gasteiger charge is 2.49. The second-order valence-corrected chi connectivity index (χ2v) is 7.24. The molecule has 0 radical (unpaired) electrons. The van der Waals surface area contributed by atoms with E-state index in [4.69, 9.17) is 10.5 Å². The minimum absolute atomic E-state index is 0.0794. The molecule has 4 unspecified atom stereocenters. The van der Waals surface area contributed by atoms with Crippen LogP contribution in [0.15, 0.2) is 0 Å². The molecule has 0 aromatic heterocycles. The molecule has 4 atom stereocenters. The van der Waals surface area contributed by atoms with E-state index in [1.165, 1.54) is 5.75 Å². The first-order valence-electron chi connectivity index (χ1n) is 6.82. The summed E-state index contributed by atoms with van der Waals surface area (Å²) >= 11 is 1.99. The first-order chi connectivity index (χ1) is 8.12. The van der Waals surface area contributed by atoms with Gasteiger partial charge in [0.2, 0.25) is 0 Å². The summed E-state index contributed by atoms with van der Waals surface area (Å²) in [5, 5.41) is 10.8. The molecule has 98 valence electrons. The minimum Gasteiger partial charge on any atom is -0.390 e. The summed E-state index contributed by atoms with van der Waals surface area (Å²) < 4.78 is 6.02. The molecule has 0 bridgehead atoms. The number of hydrogen-bond acceptors (Lipinski definition) is 4. The lowest BCUT2D eigenvalue weighted by molar-refractivity contribution is -0.130. The summed E-state index contributed by atoms with van der Waals surface area (Å²) in [5.41, 5.74) is 5.55. The lowest BCUT2D eigenvalue weighted by atomic mass is 9.74. The van der Waals surface area contributed by atoms with Crippen LogP contribution in [0.25, 0.3) is 0 Å². The van der Waals surface area contributed by atoms with E-state index in [1.807, 2.05) is 11.8 Å². The Balaban J connectivity index is 1.71. The molecule has 17 heavy (non-hydrogen) atoms. The van der Waals surface area contributed by atoms with Crippen molar-refractivity contribution in [2.24, 2.45) is 11.7 Å². The summed E-state index contributed by atoms with van der Waals surface area (Å²) in [6.45, 7) is 0.822. The molecule has 4 heteroatoms. The monoisotopic (exact) mass is 257 g/mol. The Hall–Kier alpha value is 0.230. The molecule has 1 aliphatic carbocycles. The summed E-state index contributed by atoms with van der Waals surface area (Å²) in [5.74, 6) is 2.74. The normalized spacial score (nSPS) is 51.2. The molecule has 2 saturated heterocycles. The third-order valence-corrected chi connectivity index (χ3v) is 6.11. The number of thioether (sulfide) groups is 1. The Kier molecular flexibility index (Phi) is 3.18. The SMILES string of the molecule is NC1CCC(O)(C2CCOC3(CCSC3)C2)C1. The maximum Gasteiger partial charge on any atom is 0.0784 e. The van der Waals surface area contributed by atoms with Gasteiger partial charge >= 0.3 is 0 Å². The average molecular weight is 257 g/mol. The van der Waals surface area contributed by atoms with E-state index in [-0.39, 0.29) is 11.6 Å². The molecule has 3 aliphatic rings. The van der Waals surface area contributed by atoms with E-state index < -0.39 is 5.60 Å². The van der Waals surface area contributed by atoms with Crippen molar-refractivity contribution in [1.82, 2.24) is 0 Å². The van der Waals surface area contributed by atoms with Gasteiger partial charge in [-0.1, -0.05) is 0 Å². The zero-order chi connectivity index (χ0) is 11.9. The van der Waals surface area contributed by atoms with Crippen LogP contribution in [0.1, 0.15) is 38.5 Å². The van der Waals surface area contributed by atoms with Crippen LogP contribution in [0.5, 0.6) is 0 Å². The summed E-state index contributed by atoms with van der Waals surface area (Å²) in [6, 6.07) is 0.205. The maximum absolute atomic E-state index is 10.8. The topological polar surface area (TPSA) is 55.5 Å². The third kappa shape index (κ3) is 2.25. The quantitative estimate of drug-likeness (QED) is 0.748. The van der Waals surface area contributed by atoms with Gasteiger partial charge in [0.05, 0.1) is 11.2 Å². The van der Waals surface area contributed by atoms with Gasteiger partial charge in [-0.3, -0.25) is 0 Å². The summed E-state index contributed by atoms with van der Waals surface area (Å²) in [6.07, 6.45) is 5.88. The zero-order valence-corrected chi connectivity index (χ0v) is 11.2. The lowest BCUT2D eigenvalue weighted by Gasteiger charge is -2.43. The van der Waals surface area contributed by atoms with Crippen LogP contribution in [0.3, 0.4) is 0 Å². The van der Waals surface area contributed by atoms with Gasteiger partial charge in [0.25, 0.3) is 0 Å². The molecule has 1 spiro atoms. The highest BCUT2D eigenvalue weighted by Crippen LogP contribution is 2.47. The highest BCUT2D eigenvalue weighted by molar-refractivity contribution is 7.99. The third-order valence-electron chi connectivity index (χ3n) is 4.88. The Morgan fingerprint density at radius 2 is 2.12 bits per heavy atom. The predicted octanol–water partition coefficient (Wildman–Crippen LogP) is 1.53. The fraction of sp³-hybridized carbons (Fsp3) is 1.00. The van der Waals surface area contributed by atoms with Gasteiger partial charge in [0, 0.05) is 18.4 Å². The van der Waals surface area contributed by atoms with Gasteiger partial charge in [-0.05, 0) is 50.2 Å². The van der Waals surface area contributed by atoms with E-state index in [2.05, 4.69) is 0 Å². The Morgan fingerprint density at radius 1 is 1.24 bits per heavy atom. The fourth-order valence-corrected chi connectivity index (χ4v) is 5.19. The fourth-order valence-electron chi connectivity index (χ4n) is 3.81. The van der Waals surface area contributed by atoms with Gasteiger partial charge in [-0.15, -0.1) is 0 Å². The van der Waals surface area contributed by atoms with Crippen molar-refractivity contribution in [1.29, 1.82) is 0 Å². The van der Waals surface area contributed by atoms with Crippen LogP contribution in [0, 0.1) is 5.92 Å². The van der Waals surface area contributed by atoms with Crippen LogP contribution in [0.2, 0.25) is 0 Å². The van der Waals surface area contributed by atoms with Crippen molar-refractivity contribution in [2.75, 3.05) is 18.1 Å². The molecule has 3 fully saturated rings. The molecule has 2 heterocycles. The van der Waals surface area contributed by atoms with Crippen molar-refractivity contribution in [3.8, 4) is 0 Å². The number of nitrogens with two attached hydrogens (primary N) is 1. The number of aliphatic hydroxyl groups is 1. The molecule has 1 saturated carbocycles. The van der Waals surface area contributed by atoms with Crippen LogP contribution in [-0.2, 0) is 4.74 Å². The van der Waals surface area contributed by atoms with E-state index in [1.54, 1.807) is 0 Å². The molecule has 2 aliphatic heterocycles. The van der Waals surface area contributed by atoms with Crippen molar-refractivity contribution in [2.45, 2.75) is 55.8 Å². The maximum atomic E-state index is 10.8. The van der Waals surface area contributed by atoms with E-state index in [9.17, 15) is 5.11 Å². The van der Waals surface area contributed by atoms with Crippen molar-refractivity contribution in [3.63, 3.8) is 0 Å². The van der Waals surface area contributed by atoms with Gasteiger partial charge in [-0.2, -0.15) is 11.8 Å². The average Bonchev–Trinajstić information content (AvgIpc) is 2.88. The molecule has 0 aromatic rings. The molecule has 3 rings (SSSR count). The molecule has 0 amide bonds. The van der Waals surface area contributed by atoms with Crippen LogP contribution >= 0.6 is 11.8 Å². The van der Waals surface area contributed by atoms with Gasteiger partial charge in [-0.25, -0.2) is 0 Å². The van der Waals surface area contributed by atoms with E-state index in [0.29, 0.717) is 5.92 Å². The summed E-state index contributed by atoms with van der Waals surface area (Å²) in [4.78, 5) is 0. The predicted molar refractivity (Wildman–Crippen MR) is 70.1 cm³/mol. The molecule has 3 nitrogen and oxygen atoms in total. The Bertz CT molecular complexity index is 293.